The third-order valence-corrected chi connectivity index (χ3v) is 5.08. The highest BCUT2D eigenvalue weighted by molar-refractivity contribution is 5.97. The van der Waals surface area contributed by atoms with E-state index >= 15 is 0 Å². The molecular weight excluding hydrogens is 440 g/mol. The lowest BCUT2D eigenvalue weighted by molar-refractivity contribution is -0.149. The summed E-state index contributed by atoms with van der Waals surface area (Å²) in [7, 11) is 0. The minimum Gasteiger partial charge on any atom is -0.482 e. The molecule has 0 saturated carbocycles. The van der Waals surface area contributed by atoms with Gasteiger partial charge in [0.1, 0.15) is 11.6 Å². The molecule has 0 fully saturated rings. The fourth-order valence-electron chi connectivity index (χ4n) is 3.34. The lowest BCUT2D eigenvalue weighted by Crippen LogP contribution is -2.42. The van der Waals surface area contributed by atoms with Crippen molar-refractivity contribution in [2.45, 2.75) is 20.4 Å². The van der Waals surface area contributed by atoms with Crippen molar-refractivity contribution in [2.24, 2.45) is 0 Å². The second-order valence-corrected chi connectivity index (χ2v) is 7.42. The standard InChI is InChI=1S/C24H26N4O6/c1-3-27(19(29)14-34-20(30)15-33-18-12-8-7-9-16(18)2)21-22(25)28(24(32)26-23(21)31)13-17-10-5-4-6-11-17/h4-12H,3,13-15,25H2,1-2H3,(H,26,31,32). The number of likely N-dealkylation sites (N-methyl/N-ethyl adjacent to an activating group) is 1. The molecular formula is C24H26N4O6. The quantitative estimate of drug-likeness (QED) is 0.456. The summed E-state index contributed by atoms with van der Waals surface area (Å²) in [6.07, 6.45) is 0. The molecule has 0 unspecified atom stereocenters. The zero-order chi connectivity index (χ0) is 24.7. The van der Waals surface area contributed by atoms with Crippen molar-refractivity contribution in [2.75, 3.05) is 30.4 Å². The third kappa shape index (κ3) is 5.71. The van der Waals surface area contributed by atoms with Crippen molar-refractivity contribution in [1.82, 2.24) is 9.55 Å². The van der Waals surface area contributed by atoms with Gasteiger partial charge < -0.3 is 20.1 Å². The number of H-pyrrole nitrogens is 1. The van der Waals surface area contributed by atoms with Gasteiger partial charge in [-0.3, -0.25) is 19.1 Å². The Hall–Kier alpha value is -4.34. The number of nitrogens with one attached hydrogen (secondary N) is 1. The Morgan fingerprint density at radius 2 is 1.71 bits per heavy atom. The van der Waals surface area contributed by atoms with E-state index in [1.807, 2.05) is 37.3 Å². The molecule has 0 aliphatic carbocycles. The maximum absolute atomic E-state index is 12.8. The smallest absolute Gasteiger partial charge is 0.344 e. The molecule has 1 aromatic heterocycles. The summed E-state index contributed by atoms with van der Waals surface area (Å²) >= 11 is 0. The number of amides is 1. The number of aryl methyl sites for hydroxylation is 1. The number of esters is 1. The molecule has 3 aromatic rings. The van der Waals surface area contributed by atoms with E-state index in [0.29, 0.717) is 5.75 Å². The van der Waals surface area contributed by atoms with E-state index in [1.165, 1.54) is 4.57 Å². The van der Waals surface area contributed by atoms with Gasteiger partial charge >= 0.3 is 11.7 Å². The zero-order valence-electron chi connectivity index (χ0n) is 18.9. The number of para-hydroxylation sites is 1. The molecule has 0 saturated heterocycles. The number of nitrogens with zero attached hydrogens (tertiary/aromatic N) is 2. The van der Waals surface area contributed by atoms with Gasteiger partial charge in [0, 0.05) is 6.54 Å². The van der Waals surface area contributed by atoms with Crippen molar-refractivity contribution in [3.8, 4) is 5.75 Å². The van der Waals surface area contributed by atoms with Gasteiger partial charge in [-0.05, 0) is 31.0 Å². The Balaban J connectivity index is 1.72. The fraction of sp³-hybridized carbons (Fsp3) is 0.250. The predicted molar refractivity (Wildman–Crippen MR) is 127 cm³/mol. The van der Waals surface area contributed by atoms with Gasteiger partial charge in [-0.25, -0.2) is 9.59 Å². The van der Waals surface area contributed by atoms with Crippen LogP contribution in [0.2, 0.25) is 0 Å². The number of ether oxygens (including phenoxy) is 2. The average molecular weight is 466 g/mol. The molecule has 0 aliphatic rings. The molecule has 3 rings (SSSR count). The predicted octanol–water partition coefficient (Wildman–Crippen LogP) is 1.45. The van der Waals surface area contributed by atoms with Crippen LogP contribution in [0.25, 0.3) is 0 Å². The van der Waals surface area contributed by atoms with E-state index in [2.05, 4.69) is 4.98 Å². The summed E-state index contributed by atoms with van der Waals surface area (Å²) in [5, 5.41) is 0. The van der Waals surface area contributed by atoms with E-state index in [1.54, 1.807) is 31.2 Å². The number of anilines is 2. The number of hydrogen-bond acceptors (Lipinski definition) is 7. The largest absolute Gasteiger partial charge is 0.482 e. The molecule has 34 heavy (non-hydrogen) atoms. The summed E-state index contributed by atoms with van der Waals surface area (Å²) in [6, 6.07) is 16.2. The van der Waals surface area contributed by atoms with Crippen molar-refractivity contribution < 1.29 is 19.1 Å². The molecule has 0 bridgehead atoms. The van der Waals surface area contributed by atoms with E-state index in [0.717, 1.165) is 16.0 Å². The first-order valence-electron chi connectivity index (χ1n) is 10.6. The summed E-state index contributed by atoms with van der Waals surface area (Å²) in [5.74, 6) is -1.06. The first kappa shape index (κ1) is 24.3. The second kappa shape index (κ2) is 11.0. The number of carbonyl (C=O) groups excluding carboxylic acids is 2. The van der Waals surface area contributed by atoms with Crippen LogP contribution in [0.3, 0.4) is 0 Å². The molecule has 10 heteroatoms. The first-order chi connectivity index (χ1) is 16.3. The topological polar surface area (TPSA) is 137 Å². The number of benzene rings is 2. The van der Waals surface area contributed by atoms with Crippen molar-refractivity contribution in [3.63, 3.8) is 0 Å². The Morgan fingerprint density at radius 1 is 1.03 bits per heavy atom. The van der Waals surface area contributed by atoms with Gasteiger partial charge in [-0.2, -0.15) is 0 Å². The third-order valence-electron chi connectivity index (χ3n) is 5.08. The van der Waals surface area contributed by atoms with Crippen LogP contribution < -0.4 is 26.6 Å². The highest BCUT2D eigenvalue weighted by Gasteiger charge is 2.24. The van der Waals surface area contributed by atoms with Crippen LogP contribution in [0.4, 0.5) is 11.5 Å². The van der Waals surface area contributed by atoms with Crippen LogP contribution in [-0.2, 0) is 20.9 Å². The molecule has 0 aliphatic heterocycles. The minimum absolute atomic E-state index is 0.0624. The Bertz CT molecular complexity index is 1280. The summed E-state index contributed by atoms with van der Waals surface area (Å²) < 4.78 is 11.6. The van der Waals surface area contributed by atoms with Gasteiger partial charge in [0.25, 0.3) is 11.5 Å². The van der Waals surface area contributed by atoms with Gasteiger partial charge in [-0.15, -0.1) is 0 Å². The van der Waals surface area contributed by atoms with Crippen LogP contribution in [0.5, 0.6) is 5.75 Å². The summed E-state index contributed by atoms with van der Waals surface area (Å²) in [6.45, 7) is 2.63. The van der Waals surface area contributed by atoms with Gasteiger partial charge in [0.15, 0.2) is 18.9 Å². The Labute approximate surface area is 195 Å². The van der Waals surface area contributed by atoms with Crippen molar-refractivity contribution >= 4 is 23.4 Å². The Morgan fingerprint density at radius 3 is 2.38 bits per heavy atom. The molecule has 10 nitrogen and oxygen atoms in total. The van der Waals surface area contributed by atoms with Crippen LogP contribution >= 0.6 is 0 Å². The summed E-state index contributed by atoms with van der Waals surface area (Å²) in [4.78, 5) is 53.0. The normalized spacial score (nSPS) is 10.5. The second-order valence-electron chi connectivity index (χ2n) is 7.42. The molecule has 178 valence electrons. The van der Waals surface area contributed by atoms with Crippen molar-refractivity contribution in [1.29, 1.82) is 0 Å². The molecule has 0 radical (unpaired) electrons. The molecule has 1 heterocycles. The van der Waals surface area contributed by atoms with E-state index in [-0.39, 0.29) is 31.2 Å². The molecule has 0 atom stereocenters. The molecule has 0 spiro atoms. The van der Waals surface area contributed by atoms with E-state index in [9.17, 15) is 19.2 Å². The highest BCUT2D eigenvalue weighted by atomic mass is 16.6. The maximum atomic E-state index is 12.8. The van der Waals surface area contributed by atoms with Gasteiger partial charge in [0.05, 0.1) is 6.54 Å². The minimum atomic E-state index is -0.809. The monoisotopic (exact) mass is 466 g/mol. The number of aromatic nitrogens is 2. The lowest BCUT2D eigenvalue weighted by atomic mass is 10.2. The zero-order valence-corrected chi connectivity index (χ0v) is 18.9. The number of aromatic amines is 1. The number of rotatable bonds is 9. The molecule has 3 N–H and O–H groups in total. The van der Waals surface area contributed by atoms with Crippen LogP contribution in [-0.4, -0.2) is 41.2 Å². The Kier molecular flexibility index (Phi) is 7.86. The number of nitrogen functional groups attached to an aromatic ring is 1. The van der Waals surface area contributed by atoms with E-state index < -0.39 is 29.7 Å². The highest BCUT2D eigenvalue weighted by Crippen LogP contribution is 2.18. The van der Waals surface area contributed by atoms with Crippen LogP contribution in [0.1, 0.15) is 18.1 Å². The molecule has 1 amide bonds. The maximum Gasteiger partial charge on any atom is 0.344 e. The van der Waals surface area contributed by atoms with Gasteiger partial charge in [-0.1, -0.05) is 48.5 Å². The number of carbonyl (C=O) groups is 2. The fourth-order valence-corrected chi connectivity index (χ4v) is 3.34. The SMILES string of the molecule is CCN(C(=O)COC(=O)COc1ccccc1C)c1c(N)n(Cc2ccccc2)c(=O)[nH]c1=O. The first-order valence-corrected chi connectivity index (χ1v) is 10.6. The van der Waals surface area contributed by atoms with Gasteiger partial charge in [0.2, 0.25) is 0 Å². The van der Waals surface area contributed by atoms with Crippen LogP contribution in [0.15, 0.2) is 64.2 Å². The van der Waals surface area contributed by atoms with E-state index in [4.69, 9.17) is 15.2 Å². The van der Waals surface area contributed by atoms with Crippen LogP contribution in [0, 0.1) is 6.92 Å². The number of nitrogens with two attached hydrogens (primary N) is 1. The summed E-state index contributed by atoms with van der Waals surface area (Å²) in [5.41, 5.74) is 6.10. The lowest BCUT2D eigenvalue weighted by Gasteiger charge is -2.23. The van der Waals surface area contributed by atoms with Crippen molar-refractivity contribution in [3.05, 3.63) is 86.6 Å². The average Bonchev–Trinajstić information content (AvgIpc) is 2.83. The number of hydrogen-bond donors (Lipinski definition) is 2. The molecule has 2 aromatic carbocycles.